The van der Waals surface area contributed by atoms with Crippen molar-refractivity contribution in [3.8, 4) is 0 Å². The Kier molecular flexibility index (Phi) is 4.85. The molecule has 0 saturated heterocycles. The van der Waals surface area contributed by atoms with E-state index in [4.69, 9.17) is 10.5 Å². The van der Waals surface area contributed by atoms with Gasteiger partial charge in [0.15, 0.2) is 0 Å². The molecule has 1 amide bonds. The van der Waals surface area contributed by atoms with Gasteiger partial charge < -0.3 is 15.8 Å². The molecule has 0 spiro atoms. The lowest BCUT2D eigenvalue weighted by Gasteiger charge is -2.25. The standard InChI is InChI=1S/C8H18N2O2/c1-5(6(2)12-4)7(10-3)8(9)11/h5-7,10H,1-4H3,(H2,9,11)/t5?,6?,7-/m1/s1/i7-3. The van der Waals surface area contributed by atoms with Gasteiger partial charge in [0, 0.05) is 13.0 Å². The summed E-state index contributed by atoms with van der Waals surface area (Å²) in [6.07, 6.45) is 0.0231. The molecule has 2 unspecified atom stereocenters. The molecular weight excluding hydrogens is 153 g/mol. The molecule has 4 nitrogen and oxygen atoms in total. The summed E-state index contributed by atoms with van der Waals surface area (Å²) in [5, 5.41) is 2.86. The van der Waals surface area contributed by atoms with E-state index in [-0.39, 0.29) is 24.0 Å². The van der Waals surface area contributed by atoms with Crippen LogP contribution in [0.5, 0.6) is 0 Å². The molecule has 0 heterocycles. The van der Waals surface area contributed by atoms with Gasteiger partial charge in [-0.25, -0.2) is 0 Å². The summed E-state index contributed by atoms with van der Waals surface area (Å²) in [5.74, 6) is -0.258. The lowest BCUT2D eigenvalue weighted by Crippen LogP contribution is -2.47. The van der Waals surface area contributed by atoms with E-state index < -0.39 is 0 Å². The van der Waals surface area contributed by atoms with Gasteiger partial charge in [-0.15, -0.1) is 0 Å². The number of nitrogens with two attached hydrogens (primary N) is 1. The smallest absolute Gasteiger partial charge is 0.234 e. The summed E-state index contributed by atoms with van der Waals surface area (Å²) in [6.45, 7) is 3.85. The molecule has 72 valence electrons. The monoisotopic (exact) mass is 171 g/mol. The van der Waals surface area contributed by atoms with Crippen molar-refractivity contribution in [2.75, 3.05) is 14.2 Å². The number of rotatable bonds is 5. The summed E-state index contributed by atoms with van der Waals surface area (Å²) in [7, 11) is 3.34. The highest BCUT2D eigenvalue weighted by Gasteiger charge is 2.25. The van der Waals surface area contributed by atoms with Gasteiger partial charge in [-0.1, -0.05) is 6.92 Å². The maximum atomic E-state index is 10.9. The molecule has 0 aliphatic rings. The molecule has 0 fully saturated rings. The summed E-state index contributed by atoms with van der Waals surface area (Å²) in [5.41, 5.74) is 5.18. The van der Waals surface area contributed by atoms with Gasteiger partial charge in [0.1, 0.15) is 0 Å². The van der Waals surface area contributed by atoms with Gasteiger partial charge in [-0.3, -0.25) is 4.79 Å². The largest absolute Gasteiger partial charge is 0.381 e. The highest BCUT2D eigenvalue weighted by molar-refractivity contribution is 5.80. The lowest BCUT2D eigenvalue weighted by atomic mass is 8.25. The van der Waals surface area contributed by atoms with Crippen LogP contribution in [0, 0.1) is 5.92 Å². The number of primary amides is 1. The summed E-state index contributed by atoms with van der Waals surface area (Å²) in [6, 6.07) is -0.319. The molecule has 0 bridgehead atoms. The zero-order valence-electron chi connectivity index (χ0n) is 8.13. The minimum atomic E-state index is -0.339. The van der Waals surface area contributed by atoms with Gasteiger partial charge >= 0.3 is 0 Å². The number of methoxy groups -OCH3 is 1. The molecular formula is C8H18N2O2. The van der Waals surface area contributed by atoms with Crippen LogP contribution in [0.1, 0.15) is 13.8 Å². The number of nitrogens with one attached hydrogen (secondary N) is 1. The molecule has 3 N–H and O–H groups in total. The Hall–Kier alpha value is -0.610. The van der Waals surface area contributed by atoms with Crippen LogP contribution in [0.4, 0.5) is 0 Å². The average molecular weight is 171 g/mol. The first-order valence-electron chi connectivity index (χ1n) is 4.04. The quantitative estimate of drug-likeness (QED) is 0.598. The van der Waals surface area contributed by atoms with Crippen molar-refractivity contribution < 1.29 is 9.53 Å². The SMILES string of the molecule is CN[9C@@H](C(N)=O)C(C)C(C)OC. The summed E-state index contributed by atoms with van der Waals surface area (Å²) >= 11 is 0. The molecule has 0 aliphatic carbocycles. The van der Waals surface area contributed by atoms with Crippen LogP contribution < -0.4 is 11.1 Å². The highest BCUT2D eigenvalue weighted by Crippen LogP contribution is 2.10. The Morgan fingerprint density at radius 1 is 1.58 bits per heavy atom. The number of ether oxygens (including phenoxy) is 1. The highest BCUT2D eigenvalue weighted by atomic mass is 16.5. The van der Waals surface area contributed by atoms with Crippen molar-refractivity contribution in [1.82, 2.24) is 5.32 Å². The van der Waals surface area contributed by atoms with Crippen LogP contribution in [0.15, 0.2) is 0 Å². The van der Waals surface area contributed by atoms with Crippen molar-refractivity contribution in [2.45, 2.75) is 26.0 Å². The Bertz CT molecular complexity index is 150. The maximum absolute atomic E-state index is 10.9. The molecule has 12 heavy (non-hydrogen) atoms. The molecule has 0 aromatic heterocycles. The predicted molar refractivity (Wildman–Crippen MR) is 47.7 cm³/mol. The second-order valence-electron chi connectivity index (χ2n) is 2.97. The predicted octanol–water partition coefficient (Wildman–Crippen LogP) is -0.269. The first kappa shape index (κ1) is 11.4. The topological polar surface area (TPSA) is 64.3 Å². The molecule has 0 aromatic rings. The van der Waals surface area contributed by atoms with Crippen LogP contribution in [-0.4, -0.2) is 32.2 Å². The Morgan fingerprint density at radius 2 is 2.08 bits per heavy atom. The third-order valence-electron chi connectivity index (χ3n) is 2.26. The van der Waals surface area contributed by atoms with Crippen molar-refractivity contribution >= 4 is 5.91 Å². The molecule has 0 aliphatic heterocycles. The van der Waals surface area contributed by atoms with Gasteiger partial charge in [0.25, 0.3) is 0 Å². The second-order valence-corrected chi connectivity index (χ2v) is 2.97. The van der Waals surface area contributed by atoms with E-state index in [0.717, 1.165) is 0 Å². The van der Waals surface area contributed by atoms with Crippen LogP contribution in [-0.2, 0) is 9.53 Å². The Morgan fingerprint density at radius 3 is 2.33 bits per heavy atom. The van der Waals surface area contributed by atoms with E-state index in [1.54, 1.807) is 14.2 Å². The maximum Gasteiger partial charge on any atom is 0.234 e. The first-order valence-corrected chi connectivity index (χ1v) is 4.04. The fraction of sp³-hybridized carbons (Fsp3) is 0.875. The van der Waals surface area contributed by atoms with E-state index in [1.807, 2.05) is 13.8 Å². The minimum absolute atomic E-state index is 0.0231. The number of carbonyl (C=O) groups is 1. The van der Waals surface area contributed by atoms with Crippen LogP contribution in [0.3, 0.4) is 0 Å². The van der Waals surface area contributed by atoms with Gasteiger partial charge in [-0.05, 0) is 14.0 Å². The number of carbonyl (C=O) groups excluding carboxylic acids is 1. The van der Waals surface area contributed by atoms with Crippen molar-refractivity contribution in [2.24, 2.45) is 11.7 Å². The van der Waals surface area contributed by atoms with E-state index in [2.05, 4.69) is 5.32 Å². The van der Waals surface area contributed by atoms with E-state index in [1.165, 1.54) is 0 Å². The van der Waals surface area contributed by atoms with Crippen LogP contribution in [0.25, 0.3) is 0 Å². The number of likely N-dealkylation sites (N-methyl/N-ethyl adjacent to an activating group) is 1. The molecule has 0 aromatic carbocycles. The van der Waals surface area contributed by atoms with Crippen molar-refractivity contribution in [3.63, 3.8) is 0 Å². The third-order valence-corrected chi connectivity index (χ3v) is 2.26. The van der Waals surface area contributed by atoms with Gasteiger partial charge in [-0.2, -0.15) is 0 Å². The first-order chi connectivity index (χ1) is 5.54. The van der Waals surface area contributed by atoms with E-state index >= 15 is 0 Å². The fourth-order valence-electron chi connectivity index (χ4n) is 1.15. The number of amides is 1. The zero-order chi connectivity index (χ0) is 9.72. The summed E-state index contributed by atoms with van der Waals surface area (Å²) < 4.78 is 5.10. The summed E-state index contributed by atoms with van der Waals surface area (Å²) in [4.78, 5) is 10.9. The molecule has 0 rings (SSSR count). The van der Waals surface area contributed by atoms with Crippen LogP contribution in [0.2, 0.25) is 0 Å². The third kappa shape index (κ3) is 2.79. The molecule has 0 saturated carbocycles. The molecule has 0 radical (unpaired) electrons. The Balaban J connectivity index is 4.20. The number of hydrogen-bond donors (Lipinski definition) is 2. The molecule has 4 heteroatoms. The van der Waals surface area contributed by atoms with Gasteiger partial charge in [0.2, 0.25) is 5.91 Å². The minimum Gasteiger partial charge on any atom is -0.381 e. The Labute approximate surface area is 73.5 Å². The van der Waals surface area contributed by atoms with Crippen LogP contribution >= 0.6 is 0 Å². The molecule has 3 atom stereocenters. The fourth-order valence-corrected chi connectivity index (χ4v) is 1.15. The normalized spacial score (nSPS) is 18.3. The van der Waals surface area contributed by atoms with Gasteiger partial charge in [0.05, 0.1) is 12.1 Å². The zero-order valence-corrected chi connectivity index (χ0v) is 8.13. The average Bonchev–Trinajstić information content (AvgIpc) is 2.03. The van der Waals surface area contributed by atoms with Crippen molar-refractivity contribution in [3.05, 3.63) is 0 Å². The second kappa shape index (κ2) is 5.11. The van der Waals surface area contributed by atoms with E-state index in [9.17, 15) is 4.79 Å². The van der Waals surface area contributed by atoms with E-state index in [0.29, 0.717) is 0 Å². The lowest BCUT2D eigenvalue weighted by molar-refractivity contribution is -0.122. The number of hydrogen-bond acceptors (Lipinski definition) is 3. The van der Waals surface area contributed by atoms with Crippen molar-refractivity contribution in [1.29, 1.82) is 0 Å².